The number of carbonyl (C=O) groups excluding carboxylic acids is 2. The van der Waals surface area contributed by atoms with Crippen molar-refractivity contribution in [2.45, 2.75) is 26.7 Å². The summed E-state index contributed by atoms with van der Waals surface area (Å²) in [6.07, 6.45) is 8.97. The molecule has 0 aliphatic carbocycles. The van der Waals surface area contributed by atoms with Crippen LogP contribution in [0.4, 0.5) is 11.5 Å². The van der Waals surface area contributed by atoms with Gasteiger partial charge in [-0.1, -0.05) is 26.0 Å². The predicted molar refractivity (Wildman–Crippen MR) is 186 cm³/mol. The van der Waals surface area contributed by atoms with E-state index in [0.717, 1.165) is 69.2 Å². The molecule has 5 aromatic rings. The molecule has 0 spiro atoms. The molecule has 2 fully saturated rings. The first-order valence-electron chi connectivity index (χ1n) is 16.5. The summed E-state index contributed by atoms with van der Waals surface area (Å²) < 4.78 is 2.24. The smallest absolute Gasteiger partial charge is 0.166 e. The van der Waals surface area contributed by atoms with Gasteiger partial charge < -0.3 is 14.4 Å². The minimum absolute atomic E-state index is 0.0190. The maximum atomic E-state index is 12.5. The van der Waals surface area contributed by atoms with Crippen molar-refractivity contribution < 1.29 is 9.59 Å². The van der Waals surface area contributed by atoms with E-state index in [0.29, 0.717) is 17.0 Å². The Hall–Kier alpha value is -4.56. The number of aromatic nitrogens is 3. The highest BCUT2D eigenvalue weighted by atomic mass is 16.1. The molecule has 3 aromatic heterocycles. The monoisotopic (exact) mass is 614 g/mol. The number of nitrogens with zero attached hydrogens (tertiary/aromatic N) is 6. The van der Waals surface area contributed by atoms with Gasteiger partial charge in [-0.3, -0.25) is 19.5 Å². The van der Waals surface area contributed by atoms with Gasteiger partial charge in [0.25, 0.3) is 0 Å². The van der Waals surface area contributed by atoms with Gasteiger partial charge in [0.1, 0.15) is 5.82 Å². The third kappa shape index (κ3) is 5.78. The lowest BCUT2D eigenvalue weighted by Gasteiger charge is -2.40. The summed E-state index contributed by atoms with van der Waals surface area (Å²) in [5.74, 6) is 1.64. The second-order valence-electron chi connectivity index (χ2n) is 13.2. The summed E-state index contributed by atoms with van der Waals surface area (Å²) >= 11 is 0. The number of ketones is 1. The molecule has 0 N–H and O–H groups in total. The highest BCUT2D eigenvalue weighted by Gasteiger charge is 2.25. The Morgan fingerprint density at radius 1 is 0.848 bits per heavy atom. The standard InChI is InChI=1S/C38H42N6O2/c1-26(2)38(46)32-8-6-31(20-30(32)25-45)43-18-16-42(17-19-43)24-27-11-14-44(15-12-27)37-9-5-29(22-40-37)28-4-7-33-34-23-39-13-10-35(34)41(3)36(33)21-28/h4-10,13,20-23,25-27H,11-12,14-19,24H2,1-3H3. The third-order valence-corrected chi connectivity index (χ3v) is 10.0. The number of hydrogen-bond acceptors (Lipinski definition) is 7. The average Bonchev–Trinajstić information content (AvgIpc) is 3.39. The van der Waals surface area contributed by atoms with Crippen LogP contribution in [0.15, 0.2) is 73.2 Å². The summed E-state index contributed by atoms with van der Waals surface area (Å²) in [6, 6.07) is 18.8. The minimum Gasteiger partial charge on any atom is -0.369 e. The van der Waals surface area contributed by atoms with E-state index in [1.54, 1.807) is 0 Å². The van der Waals surface area contributed by atoms with Gasteiger partial charge in [0.15, 0.2) is 12.1 Å². The van der Waals surface area contributed by atoms with Crippen molar-refractivity contribution in [1.29, 1.82) is 0 Å². The molecular formula is C38H42N6O2. The molecule has 46 heavy (non-hydrogen) atoms. The van der Waals surface area contributed by atoms with Crippen molar-refractivity contribution in [1.82, 2.24) is 19.4 Å². The van der Waals surface area contributed by atoms with Crippen molar-refractivity contribution in [3.8, 4) is 11.1 Å². The summed E-state index contributed by atoms with van der Waals surface area (Å²) in [7, 11) is 2.11. The van der Waals surface area contributed by atoms with Crippen LogP contribution in [0.25, 0.3) is 32.9 Å². The van der Waals surface area contributed by atoms with Gasteiger partial charge in [0, 0.05) is 116 Å². The Balaban J connectivity index is 0.918. The maximum absolute atomic E-state index is 12.5. The number of fused-ring (bicyclic) bond motifs is 3. The molecule has 0 radical (unpaired) electrons. The fourth-order valence-electron chi connectivity index (χ4n) is 7.26. The van der Waals surface area contributed by atoms with Gasteiger partial charge in [-0.25, -0.2) is 4.98 Å². The fourth-order valence-corrected chi connectivity index (χ4v) is 7.26. The predicted octanol–water partition coefficient (Wildman–Crippen LogP) is 6.48. The van der Waals surface area contributed by atoms with Gasteiger partial charge in [0.05, 0.1) is 5.52 Å². The van der Waals surface area contributed by atoms with Crippen LogP contribution in [0.1, 0.15) is 47.4 Å². The zero-order chi connectivity index (χ0) is 31.8. The van der Waals surface area contributed by atoms with E-state index in [1.807, 2.05) is 50.6 Å². The van der Waals surface area contributed by atoms with Crippen LogP contribution in [-0.4, -0.2) is 77.3 Å². The topological polar surface area (TPSA) is 74.6 Å². The number of rotatable bonds is 8. The number of aldehydes is 1. The molecule has 0 atom stereocenters. The van der Waals surface area contributed by atoms with Crippen molar-refractivity contribution >= 4 is 45.4 Å². The summed E-state index contributed by atoms with van der Waals surface area (Å²) in [5.41, 5.74) is 6.75. The second-order valence-corrected chi connectivity index (χ2v) is 13.2. The van der Waals surface area contributed by atoms with E-state index >= 15 is 0 Å². The van der Waals surface area contributed by atoms with Crippen LogP contribution >= 0.6 is 0 Å². The Kier molecular flexibility index (Phi) is 8.30. The molecule has 0 amide bonds. The second kappa shape index (κ2) is 12.7. The number of piperidine rings is 1. The van der Waals surface area contributed by atoms with Crippen LogP contribution < -0.4 is 9.80 Å². The van der Waals surface area contributed by atoms with Crippen LogP contribution in [0, 0.1) is 11.8 Å². The molecule has 0 bridgehead atoms. The van der Waals surface area contributed by atoms with E-state index < -0.39 is 0 Å². The number of aryl methyl sites for hydroxylation is 1. The quantitative estimate of drug-likeness (QED) is 0.146. The zero-order valence-corrected chi connectivity index (χ0v) is 27.0. The molecule has 5 heterocycles. The Morgan fingerprint density at radius 3 is 2.35 bits per heavy atom. The number of piperazine rings is 1. The van der Waals surface area contributed by atoms with Gasteiger partial charge in [-0.2, -0.15) is 0 Å². The van der Waals surface area contributed by atoms with E-state index in [1.165, 1.54) is 40.2 Å². The molecule has 8 heteroatoms. The highest BCUT2D eigenvalue weighted by molar-refractivity contribution is 6.08. The molecule has 236 valence electrons. The van der Waals surface area contributed by atoms with Gasteiger partial charge in [-0.05, 0) is 66.8 Å². The van der Waals surface area contributed by atoms with Gasteiger partial charge >= 0.3 is 0 Å². The Morgan fingerprint density at radius 2 is 1.63 bits per heavy atom. The van der Waals surface area contributed by atoms with Crippen LogP contribution in [0.3, 0.4) is 0 Å². The van der Waals surface area contributed by atoms with Gasteiger partial charge in [-0.15, -0.1) is 0 Å². The first-order chi connectivity index (χ1) is 22.4. The lowest BCUT2D eigenvalue weighted by molar-refractivity contribution is 0.0934. The fraction of sp³-hybridized carbons (Fsp3) is 0.368. The molecule has 2 aromatic carbocycles. The lowest BCUT2D eigenvalue weighted by atomic mass is 9.95. The number of Topliss-reactive ketones (excluding diaryl/α,β-unsaturated/α-hetero) is 1. The molecular weight excluding hydrogens is 572 g/mol. The number of benzene rings is 2. The van der Waals surface area contributed by atoms with Crippen molar-refractivity contribution in [3.63, 3.8) is 0 Å². The number of hydrogen-bond donors (Lipinski definition) is 0. The molecule has 0 saturated carbocycles. The normalized spacial score (nSPS) is 16.5. The van der Waals surface area contributed by atoms with Crippen LogP contribution in [0.2, 0.25) is 0 Å². The SMILES string of the molecule is CC(C)C(=O)c1ccc(N2CCN(CC3CCN(c4ccc(-c5ccc6c7cnccc7n(C)c6c5)cn4)CC3)CC2)cc1C=O. The highest BCUT2D eigenvalue weighted by Crippen LogP contribution is 2.32. The zero-order valence-electron chi connectivity index (χ0n) is 27.0. The molecule has 0 unspecified atom stereocenters. The van der Waals surface area contributed by atoms with E-state index in [-0.39, 0.29) is 11.7 Å². The molecule has 7 rings (SSSR count). The molecule has 2 aliphatic rings. The summed E-state index contributed by atoms with van der Waals surface area (Å²) in [5, 5.41) is 2.41. The summed E-state index contributed by atoms with van der Waals surface area (Å²) in [6.45, 7) is 10.8. The van der Waals surface area contributed by atoms with E-state index in [2.05, 4.69) is 67.7 Å². The molecule has 8 nitrogen and oxygen atoms in total. The number of carbonyl (C=O) groups is 2. The minimum atomic E-state index is -0.127. The Labute approximate surface area is 270 Å². The molecule has 2 aliphatic heterocycles. The first kappa shape index (κ1) is 30.1. The Bertz CT molecular complexity index is 1880. The van der Waals surface area contributed by atoms with Crippen LogP contribution in [-0.2, 0) is 7.05 Å². The van der Waals surface area contributed by atoms with E-state index in [4.69, 9.17) is 4.98 Å². The maximum Gasteiger partial charge on any atom is 0.166 e. The number of anilines is 2. The first-order valence-corrected chi connectivity index (χ1v) is 16.5. The van der Waals surface area contributed by atoms with Crippen molar-refractivity contribution in [2.75, 3.05) is 55.6 Å². The van der Waals surface area contributed by atoms with Crippen LogP contribution in [0.5, 0.6) is 0 Å². The largest absolute Gasteiger partial charge is 0.369 e. The summed E-state index contributed by atoms with van der Waals surface area (Å²) in [4.78, 5) is 40.8. The number of pyridine rings is 2. The van der Waals surface area contributed by atoms with Crippen molar-refractivity contribution in [2.24, 2.45) is 18.9 Å². The average molecular weight is 615 g/mol. The third-order valence-electron chi connectivity index (χ3n) is 10.0. The van der Waals surface area contributed by atoms with Gasteiger partial charge in [0.2, 0.25) is 0 Å². The molecule has 2 saturated heterocycles. The van der Waals surface area contributed by atoms with E-state index in [9.17, 15) is 9.59 Å². The lowest BCUT2D eigenvalue weighted by Crippen LogP contribution is -2.49. The van der Waals surface area contributed by atoms with Crippen molar-refractivity contribution in [3.05, 3.63) is 84.3 Å².